The monoisotopic (exact) mass is 482 g/mol. The molecule has 2 heterocycles. The van der Waals surface area contributed by atoms with Crippen LogP contribution >= 0.6 is 11.6 Å². The van der Waals surface area contributed by atoms with E-state index in [9.17, 15) is 4.79 Å². The molecule has 0 aliphatic carbocycles. The largest absolute Gasteiger partial charge is 0.497 e. The van der Waals surface area contributed by atoms with Crippen molar-refractivity contribution in [3.05, 3.63) is 81.6 Å². The maximum Gasteiger partial charge on any atom is 0.256 e. The standard InChI is InChI=1S/C26H31ClN4O3/c1-18-4-6-20(7-5-18)17-31-25(27)24(19(2)29-31)26(32)28-16-23(30-12-14-34-15-13-30)21-8-10-22(33-3)11-9-21/h4-11,23H,12-17H2,1-3H3,(H,28,32)/t23-/m1/s1. The van der Waals surface area contributed by atoms with E-state index in [4.69, 9.17) is 21.1 Å². The summed E-state index contributed by atoms with van der Waals surface area (Å²) < 4.78 is 12.5. The smallest absolute Gasteiger partial charge is 0.256 e. The van der Waals surface area contributed by atoms with Crippen LogP contribution in [0.15, 0.2) is 48.5 Å². The van der Waals surface area contributed by atoms with Gasteiger partial charge in [-0.2, -0.15) is 5.10 Å². The van der Waals surface area contributed by atoms with Crippen LogP contribution in [-0.4, -0.2) is 60.5 Å². The molecule has 34 heavy (non-hydrogen) atoms. The molecule has 4 rings (SSSR count). The Balaban J connectivity index is 1.49. The average molecular weight is 483 g/mol. The van der Waals surface area contributed by atoms with Gasteiger partial charge in [-0.25, -0.2) is 4.68 Å². The quantitative estimate of drug-likeness (QED) is 0.525. The predicted molar refractivity (Wildman–Crippen MR) is 133 cm³/mol. The number of carbonyl (C=O) groups is 1. The molecule has 8 heteroatoms. The molecule has 0 unspecified atom stereocenters. The summed E-state index contributed by atoms with van der Waals surface area (Å²) in [5.41, 5.74) is 4.42. The summed E-state index contributed by atoms with van der Waals surface area (Å²) in [5, 5.41) is 7.98. The lowest BCUT2D eigenvalue weighted by molar-refractivity contribution is 0.0162. The number of rotatable bonds is 8. The SMILES string of the molecule is COc1ccc([C@@H](CNC(=O)c2c(C)nn(Cc3ccc(C)cc3)c2Cl)N2CCOCC2)cc1. The Morgan fingerprint density at radius 1 is 1.12 bits per heavy atom. The molecule has 0 bridgehead atoms. The maximum atomic E-state index is 13.2. The molecule has 3 aromatic rings. The summed E-state index contributed by atoms with van der Waals surface area (Å²) in [5.74, 6) is 0.585. The number of ether oxygens (including phenoxy) is 2. The first-order valence-corrected chi connectivity index (χ1v) is 11.9. The van der Waals surface area contributed by atoms with Crippen molar-refractivity contribution < 1.29 is 14.3 Å². The number of carbonyl (C=O) groups excluding carboxylic acids is 1. The minimum absolute atomic E-state index is 0.0143. The number of halogens is 1. The molecule has 1 aromatic heterocycles. The van der Waals surface area contributed by atoms with Crippen LogP contribution in [0.2, 0.25) is 5.15 Å². The van der Waals surface area contributed by atoms with E-state index in [2.05, 4.69) is 27.4 Å². The van der Waals surface area contributed by atoms with Crippen molar-refractivity contribution in [2.24, 2.45) is 0 Å². The lowest BCUT2D eigenvalue weighted by atomic mass is 10.0. The van der Waals surface area contributed by atoms with Gasteiger partial charge in [0.1, 0.15) is 10.9 Å². The fourth-order valence-electron chi connectivity index (χ4n) is 4.23. The molecule has 1 N–H and O–H groups in total. The Bertz CT molecular complexity index is 1110. The lowest BCUT2D eigenvalue weighted by Crippen LogP contribution is -2.43. The van der Waals surface area contributed by atoms with Crippen LogP contribution in [0.1, 0.15) is 38.8 Å². The minimum atomic E-state index is -0.218. The molecule has 180 valence electrons. The topological polar surface area (TPSA) is 68.6 Å². The van der Waals surface area contributed by atoms with Gasteiger partial charge in [0.2, 0.25) is 0 Å². The Hall–Kier alpha value is -2.87. The van der Waals surface area contributed by atoms with Crippen LogP contribution in [0.25, 0.3) is 0 Å². The number of methoxy groups -OCH3 is 1. The van der Waals surface area contributed by atoms with Gasteiger partial charge in [-0.15, -0.1) is 0 Å². The Morgan fingerprint density at radius 3 is 2.44 bits per heavy atom. The van der Waals surface area contributed by atoms with Crippen molar-refractivity contribution in [2.75, 3.05) is 40.0 Å². The minimum Gasteiger partial charge on any atom is -0.497 e. The number of benzene rings is 2. The van der Waals surface area contributed by atoms with E-state index in [1.54, 1.807) is 11.8 Å². The van der Waals surface area contributed by atoms with E-state index >= 15 is 0 Å². The van der Waals surface area contributed by atoms with Crippen molar-refractivity contribution >= 4 is 17.5 Å². The van der Waals surface area contributed by atoms with Crippen molar-refractivity contribution in [3.63, 3.8) is 0 Å². The summed E-state index contributed by atoms with van der Waals surface area (Å²) in [6.07, 6.45) is 0. The third-order valence-corrected chi connectivity index (χ3v) is 6.57. The molecular formula is C26H31ClN4O3. The van der Waals surface area contributed by atoms with E-state index < -0.39 is 0 Å². The molecule has 1 fully saturated rings. The summed E-state index contributed by atoms with van der Waals surface area (Å²) in [4.78, 5) is 15.5. The van der Waals surface area contributed by atoms with Gasteiger partial charge in [-0.05, 0) is 37.1 Å². The highest BCUT2D eigenvalue weighted by Crippen LogP contribution is 2.25. The van der Waals surface area contributed by atoms with E-state index in [-0.39, 0.29) is 11.9 Å². The number of hydrogen-bond acceptors (Lipinski definition) is 5. The predicted octanol–water partition coefficient (Wildman–Crippen LogP) is 4.01. The summed E-state index contributed by atoms with van der Waals surface area (Å²) >= 11 is 6.62. The molecular weight excluding hydrogens is 452 g/mol. The van der Waals surface area contributed by atoms with Gasteiger partial charge in [0.25, 0.3) is 5.91 Å². The molecule has 1 atom stereocenters. The summed E-state index contributed by atoms with van der Waals surface area (Å²) in [6.45, 7) is 7.79. The fraction of sp³-hybridized carbons (Fsp3) is 0.385. The number of aryl methyl sites for hydroxylation is 2. The Kier molecular flexibility index (Phi) is 7.88. The van der Waals surface area contributed by atoms with Gasteiger partial charge in [0, 0.05) is 19.6 Å². The molecule has 7 nitrogen and oxygen atoms in total. The lowest BCUT2D eigenvalue weighted by Gasteiger charge is -2.35. The normalized spacial score (nSPS) is 15.2. The molecule has 0 saturated carbocycles. The zero-order chi connectivity index (χ0) is 24.1. The second kappa shape index (κ2) is 11.0. The zero-order valence-corrected chi connectivity index (χ0v) is 20.6. The second-order valence-electron chi connectivity index (χ2n) is 8.54. The maximum absolute atomic E-state index is 13.2. The molecule has 1 aliphatic heterocycles. The van der Waals surface area contributed by atoms with Gasteiger partial charge < -0.3 is 14.8 Å². The second-order valence-corrected chi connectivity index (χ2v) is 8.90. The van der Waals surface area contributed by atoms with Crippen molar-refractivity contribution in [3.8, 4) is 5.75 Å². The van der Waals surface area contributed by atoms with Gasteiger partial charge in [-0.1, -0.05) is 53.6 Å². The number of morpholine rings is 1. The van der Waals surface area contributed by atoms with Gasteiger partial charge >= 0.3 is 0 Å². The molecule has 1 saturated heterocycles. The number of nitrogens with zero attached hydrogens (tertiary/aromatic N) is 3. The van der Waals surface area contributed by atoms with Crippen LogP contribution in [0.3, 0.4) is 0 Å². The summed E-state index contributed by atoms with van der Waals surface area (Å²) in [7, 11) is 1.65. The van der Waals surface area contributed by atoms with Crippen molar-refractivity contribution in [2.45, 2.75) is 26.4 Å². The first kappa shape index (κ1) is 24.3. The van der Waals surface area contributed by atoms with Gasteiger partial charge in [0.15, 0.2) is 0 Å². The van der Waals surface area contributed by atoms with Gasteiger partial charge in [0.05, 0.1) is 44.2 Å². The van der Waals surface area contributed by atoms with Crippen LogP contribution in [0.5, 0.6) is 5.75 Å². The van der Waals surface area contributed by atoms with E-state index in [0.717, 1.165) is 30.0 Å². The average Bonchev–Trinajstić information content (AvgIpc) is 3.14. The highest BCUT2D eigenvalue weighted by atomic mass is 35.5. The van der Waals surface area contributed by atoms with Crippen LogP contribution in [-0.2, 0) is 11.3 Å². The summed E-state index contributed by atoms with van der Waals surface area (Å²) in [6, 6.07) is 16.2. The first-order valence-electron chi connectivity index (χ1n) is 11.5. The highest BCUT2D eigenvalue weighted by Gasteiger charge is 2.26. The third kappa shape index (κ3) is 5.60. The molecule has 2 aromatic carbocycles. The zero-order valence-electron chi connectivity index (χ0n) is 19.9. The van der Waals surface area contributed by atoms with Gasteiger partial charge in [-0.3, -0.25) is 9.69 Å². The van der Waals surface area contributed by atoms with Crippen LogP contribution < -0.4 is 10.1 Å². The fourth-order valence-corrected chi connectivity index (χ4v) is 4.55. The first-order chi connectivity index (χ1) is 16.5. The van der Waals surface area contributed by atoms with Crippen LogP contribution in [0, 0.1) is 13.8 Å². The van der Waals surface area contributed by atoms with E-state index in [1.165, 1.54) is 5.56 Å². The Labute approximate surface area is 205 Å². The number of aromatic nitrogens is 2. The highest BCUT2D eigenvalue weighted by molar-refractivity contribution is 6.33. The number of amides is 1. The van der Waals surface area contributed by atoms with Crippen molar-refractivity contribution in [1.29, 1.82) is 0 Å². The molecule has 1 amide bonds. The molecule has 1 aliphatic rings. The van der Waals surface area contributed by atoms with E-state index in [1.807, 2.05) is 50.2 Å². The van der Waals surface area contributed by atoms with E-state index in [0.29, 0.717) is 42.7 Å². The third-order valence-electron chi connectivity index (χ3n) is 6.19. The Morgan fingerprint density at radius 2 is 1.79 bits per heavy atom. The number of hydrogen-bond donors (Lipinski definition) is 1. The van der Waals surface area contributed by atoms with Crippen molar-refractivity contribution in [1.82, 2.24) is 20.0 Å². The molecule has 0 spiro atoms. The molecule has 0 radical (unpaired) electrons. The number of nitrogens with one attached hydrogen (secondary N) is 1. The van der Waals surface area contributed by atoms with Crippen LogP contribution in [0.4, 0.5) is 0 Å².